The molecular formula is C13H22N2. The van der Waals surface area contributed by atoms with Crippen molar-refractivity contribution in [3.63, 3.8) is 0 Å². The minimum atomic E-state index is -0.0488. The Morgan fingerprint density at radius 2 is 1.87 bits per heavy atom. The zero-order valence-electron chi connectivity index (χ0n) is 10.2. The van der Waals surface area contributed by atoms with Gasteiger partial charge in [0.1, 0.15) is 0 Å². The third-order valence-electron chi connectivity index (χ3n) is 2.80. The Morgan fingerprint density at radius 1 is 1.27 bits per heavy atom. The first kappa shape index (κ1) is 12.2. The summed E-state index contributed by atoms with van der Waals surface area (Å²) in [5.41, 5.74) is 15.5. The molecule has 0 aliphatic carbocycles. The van der Waals surface area contributed by atoms with E-state index < -0.39 is 0 Å². The van der Waals surface area contributed by atoms with Crippen molar-refractivity contribution in [1.29, 1.82) is 0 Å². The summed E-state index contributed by atoms with van der Waals surface area (Å²) in [7, 11) is 0. The average Bonchev–Trinajstić information content (AvgIpc) is 2.15. The molecule has 1 atom stereocenters. The van der Waals surface area contributed by atoms with Crippen LogP contribution in [0.15, 0.2) is 18.2 Å². The number of rotatable bonds is 2. The van der Waals surface area contributed by atoms with E-state index in [1.807, 2.05) is 0 Å². The first-order valence-electron chi connectivity index (χ1n) is 5.43. The molecule has 0 radical (unpaired) electrons. The van der Waals surface area contributed by atoms with Gasteiger partial charge in [0.2, 0.25) is 0 Å². The molecule has 0 saturated carbocycles. The van der Waals surface area contributed by atoms with E-state index >= 15 is 0 Å². The summed E-state index contributed by atoms with van der Waals surface area (Å²) < 4.78 is 0. The van der Waals surface area contributed by atoms with E-state index in [4.69, 9.17) is 11.5 Å². The molecule has 0 spiro atoms. The molecule has 84 valence electrons. The highest BCUT2D eigenvalue weighted by Gasteiger charge is 2.16. The summed E-state index contributed by atoms with van der Waals surface area (Å²) in [5.74, 6) is 0. The lowest BCUT2D eigenvalue weighted by Gasteiger charge is -2.22. The highest BCUT2D eigenvalue weighted by molar-refractivity contribution is 5.36. The highest BCUT2D eigenvalue weighted by Crippen LogP contribution is 2.26. The third kappa shape index (κ3) is 2.80. The van der Waals surface area contributed by atoms with Crippen molar-refractivity contribution in [1.82, 2.24) is 0 Å². The minimum absolute atomic E-state index is 0.0488. The van der Waals surface area contributed by atoms with Gasteiger partial charge in [0.25, 0.3) is 0 Å². The van der Waals surface area contributed by atoms with Gasteiger partial charge in [-0.1, -0.05) is 39.0 Å². The summed E-state index contributed by atoms with van der Waals surface area (Å²) in [6.45, 7) is 9.19. The lowest BCUT2D eigenvalue weighted by Crippen LogP contribution is -2.22. The summed E-state index contributed by atoms with van der Waals surface area (Å²) in [5, 5.41) is 0. The van der Waals surface area contributed by atoms with E-state index in [0.717, 1.165) is 0 Å². The average molecular weight is 206 g/mol. The summed E-state index contributed by atoms with van der Waals surface area (Å²) in [4.78, 5) is 0. The second kappa shape index (κ2) is 4.33. The molecule has 2 heteroatoms. The Kier molecular flexibility index (Phi) is 3.53. The molecule has 1 aromatic rings. The summed E-state index contributed by atoms with van der Waals surface area (Å²) in [6.07, 6.45) is 0. The minimum Gasteiger partial charge on any atom is -0.329 e. The fourth-order valence-electron chi connectivity index (χ4n) is 1.63. The van der Waals surface area contributed by atoms with Crippen LogP contribution in [0.4, 0.5) is 0 Å². The fraction of sp³-hybridized carbons (Fsp3) is 0.538. The number of hydrogen-bond donors (Lipinski definition) is 2. The number of nitrogens with two attached hydrogens (primary N) is 2. The highest BCUT2D eigenvalue weighted by atomic mass is 14.7. The van der Waals surface area contributed by atoms with Gasteiger partial charge < -0.3 is 11.5 Å². The molecule has 0 fully saturated rings. The van der Waals surface area contributed by atoms with Crippen LogP contribution in [-0.2, 0) is 5.41 Å². The Morgan fingerprint density at radius 3 is 2.33 bits per heavy atom. The van der Waals surface area contributed by atoms with E-state index in [9.17, 15) is 0 Å². The van der Waals surface area contributed by atoms with Gasteiger partial charge in [0, 0.05) is 12.6 Å². The molecule has 2 nitrogen and oxygen atoms in total. The zero-order valence-corrected chi connectivity index (χ0v) is 10.2. The lowest BCUT2D eigenvalue weighted by molar-refractivity contribution is 0.587. The molecule has 0 heterocycles. The Labute approximate surface area is 92.7 Å². The summed E-state index contributed by atoms with van der Waals surface area (Å²) >= 11 is 0. The Balaban J connectivity index is 3.17. The van der Waals surface area contributed by atoms with Crippen LogP contribution in [0.3, 0.4) is 0 Å². The van der Waals surface area contributed by atoms with Crippen molar-refractivity contribution in [2.24, 2.45) is 11.5 Å². The fourth-order valence-corrected chi connectivity index (χ4v) is 1.63. The first-order valence-corrected chi connectivity index (χ1v) is 5.43. The smallest absolute Gasteiger partial charge is 0.0422 e. The molecule has 4 N–H and O–H groups in total. The molecule has 1 unspecified atom stereocenters. The first-order chi connectivity index (χ1) is 6.86. The maximum Gasteiger partial charge on any atom is 0.0422 e. The van der Waals surface area contributed by atoms with Gasteiger partial charge in [0.05, 0.1) is 0 Å². The van der Waals surface area contributed by atoms with Gasteiger partial charge in [0.15, 0.2) is 0 Å². The maximum atomic E-state index is 5.98. The molecule has 15 heavy (non-hydrogen) atoms. The molecule has 0 saturated heterocycles. The molecule has 0 bridgehead atoms. The van der Waals surface area contributed by atoms with Gasteiger partial charge in [-0.25, -0.2) is 0 Å². The molecule has 1 aromatic carbocycles. The molecule has 0 aliphatic rings. The largest absolute Gasteiger partial charge is 0.329 e. The predicted molar refractivity (Wildman–Crippen MR) is 65.9 cm³/mol. The van der Waals surface area contributed by atoms with Crippen LogP contribution in [0.25, 0.3) is 0 Å². The number of benzene rings is 1. The van der Waals surface area contributed by atoms with Crippen molar-refractivity contribution < 1.29 is 0 Å². The van der Waals surface area contributed by atoms with Gasteiger partial charge >= 0.3 is 0 Å². The molecule has 0 amide bonds. The Hall–Kier alpha value is -0.860. The molecule has 1 rings (SSSR count). The van der Waals surface area contributed by atoms with Crippen LogP contribution in [-0.4, -0.2) is 6.54 Å². The van der Waals surface area contributed by atoms with E-state index in [1.165, 1.54) is 16.7 Å². The van der Waals surface area contributed by atoms with Gasteiger partial charge in [-0.05, 0) is 29.0 Å². The zero-order chi connectivity index (χ0) is 11.6. The van der Waals surface area contributed by atoms with E-state index in [1.54, 1.807) is 0 Å². The van der Waals surface area contributed by atoms with Crippen LogP contribution in [0.2, 0.25) is 0 Å². The van der Waals surface area contributed by atoms with Gasteiger partial charge in [-0.15, -0.1) is 0 Å². The Bertz CT molecular complexity index is 337. The quantitative estimate of drug-likeness (QED) is 0.779. The van der Waals surface area contributed by atoms with Crippen LogP contribution in [0.1, 0.15) is 43.5 Å². The lowest BCUT2D eigenvalue weighted by atomic mass is 9.84. The molecule has 0 aliphatic heterocycles. The SMILES string of the molecule is Cc1ccc(C(C)(C)C)cc1C(N)CN. The monoisotopic (exact) mass is 206 g/mol. The number of hydrogen-bond acceptors (Lipinski definition) is 2. The topological polar surface area (TPSA) is 52.0 Å². The van der Waals surface area contributed by atoms with Crippen LogP contribution < -0.4 is 11.5 Å². The molecule has 0 aromatic heterocycles. The van der Waals surface area contributed by atoms with Crippen LogP contribution >= 0.6 is 0 Å². The standard InChI is InChI=1S/C13H22N2/c1-9-5-6-10(13(2,3)4)7-11(9)12(15)8-14/h5-7,12H,8,14-15H2,1-4H3. The van der Waals surface area contributed by atoms with E-state index in [0.29, 0.717) is 6.54 Å². The van der Waals surface area contributed by atoms with E-state index in [2.05, 4.69) is 45.9 Å². The van der Waals surface area contributed by atoms with Crippen molar-refractivity contribution >= 4 is 0 Å². The van der Waals surface area contributed by atoms with Gasteiger partial charge in [-0.3, -0.25) is 0 Å². The van der Waals surface area contributed by atoms with Crippen molar-refractivity contribution in [3.8, 4) is 0 Å². The molecular weight excluding hydrogens is 184 g/mol. The van der Waals surface area contributed by atoms with Crippen LogP contribution in [0, 0.1) is 6.92 Å². The normalized spacial score (nSPS) is 14.0. The van der Waals surface area contributed by atoms with Gasteiger partial charge in [-0.2, -0.15) is 0 Å². The maximum absolute atomic E-state index is 5.98. The summed E-state index contributed by atoms with van der Waals surface area (Å²) in [6, 6.07) is 6.44. The predicted octanol–water partition coefficient (Wildman–Crippen LogP) is 2.25. The van der Waals surface area contributed by atoms with Crippen molar-refractivity contribution in [2.45, 2.75) is 39.2 Å². The van der Waals surface area contributed by atoms with Crippen LogP contribution in [0.5, 0.6) is 0 Å². The second-order valence-electron chi connectivity index (χ2n) is 5.16. The van der Waals surface area contributed by atoms with Crippen molar-refractivity contribution in [3.05, 3.63) is 34.9 Å². The third-order valence-corrected chi connectivity index (χ3v) is 2.80. The second-order valence-corrected chi connectivity index (χ2v) is 5.16. The van der Waals surface area contributed by atoms with Crippen molar-refractivity contribution in [2.75, 3.05) is 6.54 Å². The number of aryl methyl sites for hydroxylation is 1. The van der Waals surface area contributed by atoms with E-state index in [-0.39, 0.29) is 11.5 Å².